The summed E-state index contributed by atoms with van der Waals surface area (Å²) < 4.78 is 68.2. The second kappa shape index (κ2) is 57.9. The Morgan fingerprint density at radius 2 is 0.552 bits per heavy atom. The van der Waals surface area contributed by atoms with Crippen molar-refractivity contribution >= 4 is 39.5 Å². The van der Waals surface area contributed by atoms with E-state index < -0.39 is 97.5 Å². The van der Waals surface area contributed by atoms with Gasteiger partial charge >= 0.3 is 39.5 Å². The highest BCUT2D eigenvalue weighted by Crippen LogP contribution is 2.45. The first-order valence-electron chi connectivity index (χ1n) is 35.3. The van der Waals surface area contributed by atoms with Gasteiger partial charge in [-0.3, -0.25) is 37.3 Å². The minimum Gasteiger partial charge on any atom is -0.462 e. The van der Waals surface area contributed by atoms with E-state index >= 15 is 0 Å². The van der Waals surface area contributed by atoms with Crippen LogP contribution in [0.1, 0.15) is 331 Å². The number of esters is 4. The Kier molecular flexibility index (Phi) is 56.6. The predicted octanol–water partition coefficient (Wildman–Crippen LogP) is 18.9. The van der Waals surface area contributed by atoms with Crippen LogP contribution in [0.2, 0.25) is 0 Å². The standard InChI is InChI=1S/C68H132O17P2/c1-9-60(7)46-38-30-22-16-12-14-18-24-35-43-51-68(73)84-63(54-78-65(70)48-40-32-25-19-21-29-37-45-59(5)6)56-82-86(74,75)80-52-62(69)53-81-87(76,77)83-57-64(55-79-66(71)49-41-33-27-26-31-39-47-61(8)10-2)85-67(72)50-42-34-23-17-13-11-15-20-28-36-44-58(3)4/h58-64,69H,9-57H2,1-8H3,(H,74,75)(H,76,77)/t60?,61?,62-,63-,64-/m1/s1. The molecule has 0 amide bonds. The van der Waals surface area contributed by atoms with E-state index in [1.54, 1.807) is 0 Å². The van der Waals surface area contributed by atoms with Crippen LogP contribution in [-0.4, -0.2) is 96.7 Å². The molecule has 0 spiro atoms. The van der Waals surface area contributed by atoms with E-state index in [1.807, 2.05) is 0 Å². The van der Waals surface area contributed by atoms with Crippen LogP contribution in [-0.2, 0) is 65.4 Å². The Bertz CT molecular complexity index is 1730. The van der Waals surface area contributed by atoms with Crippen LogP contribution in [0.4, 0.5) is 0 Å². The zero-order valence-electron chi connectivity index (χ0n) is 56.6. The molecule has 87 heavy (non-hydrogen) atoms. The Morgan fingerprint density at radius 3 is 0.816 bits per heavy atom. The minimum atomic E-state index is -4.95. The van der Waals surface area contributed by atoms with E-state index in [0.29, 0.717) is 31.6 Å². The average Bonchev–Trinajstić information content (AvgIpc) is 3.69. The van der Waals surface area contributed by atoms with Gasteiger partial charge in [0, 0.05) is 25.7 Å². The first kappa shape index (κ1) is 85.1. The molecule has 0 fully saturated rings. The van der Waals surface area contributed by atoms with Crippen LogP contribution >= 0.6 is 15.6 Å². The summed E-state index contributed by atoms with van der Waals surface area (Å²) in [5.74, 6) is 0.857. The smallest absolute Gasteiger partial charge is 0.462 e. The van der Waals surface area contributed by atoms with Crippen molar-refractivity contribution in [2.24, 2.45) is 23.7 Å². The van der Waals surface area contributed by atoms with Crippen molar-refractivity contribution < 1.29 is 80.2 Å². The summed E-state index contributed by atoms with van der Waals surface area (Å²) in [6.45, 7) is 14.0. The number of aliphatic hydroxyl groups is 1. The maximum absolute atomic E-state index is 13.0. The largest absolute Gasteiger partial charge is 0.472 e. The minimum absolute atomic E-state index is 0.104. The quantitative estimate of drug-likeness (QED) is 0.0222. The molecule has 0 saturated heterocycles. The van der Waals surface area contributed by atoms with Gasteiger partial charge in [-0.15, -0.1) is 0 Å². The first-order valence-corrected chi connectivity index (χ1v) is 38.3. The second-order valence-electron chi connectivity index (χ2n) is 26.0. The molecule has 0 radical (unpaired) electrons. The van der Waals surface area contributed by atoms with E-state index in [-0.39, 0.29) is 25.7 Å². The Morgan fingerprint density at radius 1 is 0.322 bits per heavy atom. The normalized spacial score (nSPS) is 15.0. The summed E-state index contributed by atoms with van der Waals surface area (Å²) in [7, 11) is -9.90. The summed E-state index contributed by atoms with van der Waals surface area (Å²) in [6, 6.07) is 0. The van der Waals surface area contributed by atoms with Gasteiger partial charge in [-0.1, -0.05) is 280 Å². The number of unbranched alkanes of at least 4 members (excludes halogenated alkanes) is 29. The molecule has 0 bridgehead atoms. The van der Waals surface area contributed by atoms with Gasteiger partial charge in [-0.2, -0.15) is 0 Å². The molecule has 0 aliphatic carbocycles. The number of phosphoric ester groups is 2. The highest BCUT2D eigenvalue weighted by atomic mass is 31.2. The van der Waals surface area contributed by atoms with E-state index in [0.717, 1.165) is 120 Å². The fourth-order valence-electron chi connectivity index (χ4n) is 10.1. The molecule has 17 nitrogen and oxygen atoms in total. The van der Waals surface area contributed by atoms with Crippen LogP contribution < -0.4 is 0 Å². The predicted molar refractivity (Wildman–Crippen MR) is 349 cm³/mol. The van der Waals surface area contributed by atoms with Crippen LogP contribution in [0, 0.1) is 23.7 Å². The molecule has 19 heteroatoms. The number of hydrogen-bond donors (Lipinski definition) is 3. The van der Waals surface area contributed by atoms with E-state index in [2.05, 4.69) is 55.4 Å². The van der Waals surface area contributed by atoms with Crippen molar-refractivity contribution in [2.75, 3.05) is 39.6 Å². The first-order chi connectivity index (χ1) is 41.7. The third-order valence-electron chi connectivity index (χ3n) is 16.3. The molecule has 0 aromatic carbocycles. The molecular weight excluding hydrogens is 1150 g/mol. The number of carbonyl (C=O) groups is 4. The molecule has 516 valence electrons. The van der Waals surface area contributed by atoms with Crippen molar-refractivity contribution in [2.45, 2.75) is 350 Å². The molecule has 7 atom stereocenters. The number of rotatable bonds is 65. The molecule has 0 heterocycles. The summed E-state index contributed by atoms with van der Waals surface area (Å²) >= 11 is 0. The Labute approximate surface area is 530 Å². The second-order valence-corrected chi connectivity index (χ2v) is 28.9. The monoisotopic (exact) mass is 1280 g/mol. The Hall–Kier alpha value is -1.94. The van der Waals surface area contributed by atoms with Gasteiger partial charge in [0.2, 0.25) is 0 Å². The van der Waals surface area contributed by atoms with Gasteiger partial charge in [-0.05, 0) is 49.4 Å². The third kappa shape index (κ3) is 60.1. The number of phosphoric acid groups is 2. The Balaban J connectivity index is 5.26. The lowest BCUT2D eigenvalue weighted by Crippen LogP contribution is -2.30. The molecular formula is C68H132O17P2. The molecule has 0 rings (SSSR count). The zero-order chi connectivity index (χ0) is 64.7. The van der Waals surface area contributed by atoms with Crippen LogP contribution in [0.25, 0.3) is 0 Å². The zero-order valence-corrected chi connectivity index (χ0v) is 58.4. The summed E-state index contributed by atoms with van der Waals surface area (Å²) in [5.41, 5.74) is 0. The van der Waals surface area contributed by atoms with Crippen molar-refractivity contribution in [3.05, 3.63) is 0 Å². The fraction of sp³-hybridized carbons (Fsp3) is 0.941. The maximum Gasteiger partial charge on any atom is 0.472 e. The highest BCUT2D eigenvalue weighted by molar-refractivity contribution is 7.47. The van der Waals surface area contributed by atoms with Crippen LogP contribution in [0.3, 0.4) is 0 Å². The molecule has 3 N–H and O–H groups in total. The lowest BCUT2D eigenvalue weighted by atomic mass is 9.99. The number of aliphatic hydroxyl groups excluding tert-OH is 1. The van der Waals surface area contributed by atoms with E-state index in [9.17, 15) is 43.2 Å². The summed E-state index contributed by atoms with van der Waals surface area (Å²) in [5, 5.41) is 10.6. The van der Waals surface area contributed by atoms with Crippen molar-refractivity contribution in [3.8, 4) is 0 Å². The van der Waals surface area contributed by atoms with Crippen LogP contribution in [0.15, 0.2) is 0 Å². The lowest BCUT2D eigenvalue weighted by molar-refractivity contribution is -0.161. The highest BCUT2D eigenvalue weighted by Gasteiger charge is 2.30. The molecule has 0 aromatic rings. The number of hydrogen-bond acceptors (Lipinski definition) is 15. The average molecular weight is 1280 g/mol. The van der Waals surface area contributed by atoms with Gasteiger partial charge in [0.1, 0.15) is 19.3 Å². The maximum atomic E-state index is 13.0. The van der Waals surface area contributed by atoms with Gasteiger partial charge in [0.15, 0.2) is 12.2 Å². The summed E-state index contributed by atoms with van der Waals surface area (Å²) in [6.07, 6.45) is 38.9. The van der Waals surface area contributed by atoms with E-state index in [1.165, 1.54) is 122 Å². The lowest BCUT2D eigenvalue weighted by Gasteiger charge is -2.21. The third-order valence-corrected chi connectivity index (χ3v) is 18.2. The molecule has 4 unspecified atom stereocenters. The molecule has 0 aromatic heterocycles. The van der Waals surface area contributed by atoms with Crippen molar-refractivity contribution in [1.29, 1.82) is 0 Å². The molecule has 0 aliphatic heterocycles. The van der Waals surface area contributed by atoms with Gasteiger partial charge in [-0.25, -0.2) is 9.13 Å². The number of carbonyl (C=O) groups excluding carboxylic acids is 4. The van der Waals surface area contributed by atoms with Gasteiger partial charge < -0.3 is 33.8 Å². The van der Waals surface area contributed by atoms with Crippen molar-refractivity contribution in [3.63, 3.8) is 0 Å². The molecule has 0 saturated carbocycles. The van der Waals surface area contributed by atoms with Crippen LogP contribution in [0.5, 0.6) is 0 Å². The van der Waals surface area contributed by atoms with Gasteiger partial charge in [0.05, 0.1) is 26.4 Å². The SMILES string of the molecule is CCC(C)CCCCCCCCCCCCC(=O)O[C@H](COC(=O)CCCCCCCCCC(C)C)COP(=O)(O)OC[C@@H](O)COP(=O)(O)OC[C@@H](COC(=O)CCCCCCCCC(C)CC)OC(=O)CCCCCCCCCCCCC(C)C. The van der Waals surface area contributed by atoms with E-state index in [4.69, 9.17) is 37.0 Å². The fourth-order valence-corrected chi connectivity index (χ4v) is 11.7. The molecule has 0 aliphatic rings. The summed E-state index contributed by atoms with van der Waals surface area (Å²) in [4.78, 5) is 72.4. The van der Waals surface area contributed by atoms with Gasteiger partial charge in [0.25, 0.3) is 0 Å². The number of ether oxygens (including phenoxy) is 4. The topological polar surface area (TPSA) is 237 Å². The van der Waals surface area contributed by atoms with Crippen molar-refractivity contribution in [1.82, 2.24) is 0 Å².